The highest BCUT2D eigenvalue weighted by Crippen LogP contribution is 2.24. The van der Waals surface area contributed by atoms with Crippen LogP contribution in [0.4, 0.5) is 5.69 Å². The maximum atomic E-state index is 5.98. The Labute approximate surface area is 100 Å². The quantitative estimate of drug-likeness (QED) is 0.742. The van der Waals surface area contributed by atoms with Crippen molar-refractivity contribution in [1.82, 2.24) is 9.91 Å². The van der Waals surface area contributed by atoms with Crippen LogP contribution in [0, 0.1) is 0 Å². The van der Waals surface area contributed by atoms with Crippen LogP contribution in [0.3, 0.4) is 0 Å². The molecule has 5 heteroatoms. The first-order valence-electron chi connectivity index (χ1n) is 5.35. The van der Waals surface area contributed by atoms with Gasteiger partial charge in [0.15, 0.2) is 0 Å². The van der Waals surface area contributed by atoms with Crippen LogP contribution in [0.15, 0.2) is 34.6 Å². The van der Waals surface area contributed by atoms with E-state index in [9.17, 15) is 0 Å². The molecule has 0 saturated carbocycles. The minimum atomic E-state index is 0.639. The lowest BCUT2D eigenvalue weighted by molar-refractivity contribution is 0.150. The van der Waals surface area contributed by atoms with Crippen molar-refractivity contribution in [2.75, 3.05) is 33.2 Å². The first kappa shape index (κ1) is 11.4. The molecule has 86 valence electrons. The van der Waals surface area contributed by atoms with E-state index >= 15 is 0 Å². The van der Waals surface area contributed by atoms with E-state index in [0.29, 0.717) is 5.02 Å². The first-order valence-corrected chi connectivity index (χ1v) is 5.73. The largest absolute Gasteiger partial charge is 0.303 e. The topological polar surface area (TPSA) is 31.2 Å². The van der Waals surface area contributed by atoms with E-state index < -0.39 is 0 Å². The monoisotopic (exact) mass is 238 g/mol. The van der Waals surface area contributed by atoms with Crippen LogP contribution in [-0.2, 0) is 0 Å². The highest BCUT2D eigenvalue weighted by atomic mass is 35.5. The van der Waals surface area contributed by atoms with Gasteiger partial charge in [0, 0.05) is 13.1 Å². The number of nitrogens with zero attached hydrogens (tertiary/aromatic N) is 4. The molecule has 1 fully saturated rings. The Bertz CT molecular complexity index is 372. The van der Waals surface area contributed by atoms with Crippen molar-refractivity contribution in [3.05, 3.63) is 29.3 Å². The Morgan fingerprint density at radius 2 is 1.81 bits per heavy atom. The van der Waals surface area contributed by atoms with Crippen molar-refractivity contribution in [2.24, 2.45) is 10.3 Å². The third kappa shape index (κ3) is 2.93. The van der Waals surface area contributed by atoms with Gasteiger partial charge in [0.1, 0.15) is 5.69 Å². The average molecular weight is 239 g/mol. The minimum absolute atomic E-state index is 0.639. The van der Waals surface area contributed by atoms with Gasteiger partial charge in [-0.1, -0.05) is 29.0 Å². The van der Waals surface area contributed by atoms with Gasteiger partial charge in [0.2, 0.25) is 0 Å². The van der Waals surface area contributed by atoms with Gasteiger partial charge in [-0.15, -0.1) is 5.11 Å². The molecule has 16 heavy (non-hydrogen) atoms. The molecule has 0 bridgehead atoms. The van der Waals surface area contributed by atoms with E-state index in [1.165, 1.54) is 0 Å². The zero-order valence-electron chi connectivity index (χ0n) is 9.30. The number of piperazine rings is 1. The third-order valence-corrected chi connectivity index (χ3v) is 2.93. The number of hydrogen-bond donors (Lipinski definition) is 0. The molecule has 1 aromatic carbocycles. The van der Waals surface area contributed by atoms with Crippen LogP contribution in [0.25, 0.3) is 0 Å². The van der Waals surface area contributed by atoms with Crippen molar-refractivity contribution >= 4 is 17.3 Å². The normalized spacial score (nSPS) is 18.2. The van der Waals surface area contributed by atoms with Crippen LogP contribution in [-0.4, -0.2) is 43.1 Å². The van der Waals surface area contributed by atoms with Crippen LogP contribution < -0.4 is 0 Å². The molecule has 4 nitrogen and oxygen atoms in total. The van der Waals surface area contributed by atoms with Gasteiger partial charge in [0.25, 0.3) is 0 Å². The summed E-state index contributed by atoms with van der Waals surface area (Å²) < 4.78 is 0. The maximum Gasteiger partial charge on any atom is 0.106 e. The minimum Gasteiger partial charge on any atom is -0.303 e. The van der Waals surface area contributed by atoms with E-state index in [-0.39, 0.29) is 0 Å². The molecule has 1 heterocycles. The van der Waals surface area contributed by atoms with Crippen LogP contribution in [0.1, 0.15) is 0 Å². The van der Waals surface area contributed by atoms with Crippen molar-refractivity contribution < 1.29 is 0 Å². The highest BCUT2D eigenvalue weighted by Gasteiger charge is 2.11. The summed E-state index contributed by atoms with van der Waals surface area (Å²) in [6.07, 6.45) is 0. The molecule has 0 atom stereocenters. The van der Waals surface area contributed by atoms with Gasteiger partial charge in [-0.25, -0.2) is 0 Å². The number of benzene rings is 1. The van der Waals surface area contributed by atoms with Gasteiger partial charge in [-0.3, -0.25) is 5.01 Å². The van der Waals surface area contributed by atoms with Gasteiger partial charge in [-0.05, 0) is 19.2 Å². The van der Waals surface area contributed by atoms with E-state index in [0.717, 1.165) is 31.9 Å². The van der Waals surface area contributed by atoms with Gasteiger partial charge < -0.3 is 4.90 Å². The van der Waals surface area contributed by atoms with Gasteiger partial charge in [-0.2, -0.15) is 0 Å². The van der Waals surface area contributed by atoms with Crippen molar-refractivity contribution in [2.45, 2.75) is 0 Å². The second kappa shape index (κ2) is 5.27. The summed E-state index contributed by atoms with van der Waals surface area (Å²) in [6, 6.07) is 7.48. The molecule has 1 aromatic rings. The summed E-state index contributed by atoms with van der Waals surface area (Å²) in [6.45, 7) is 3.90. The molecule has 0 aliphatic carbocycles. The molecule has 0 unspecified atom stereocenters. The van der Waals surface area contributed by atoms with Gasteiger partial charge >= 0.3 is 0 Å². The third-order valence-electron chi connectivity index (χ3n) is 2.61. The molecule has 2 rings (SSSR count). The Balaban J connectivity index is 1.97. The molecular weight excluding hydrogens is 224 g/mol. The van der Waals surface area contributed by atoms with Crippen molar-refractivity contribution in [3.8, 4) is 0 Å². The van der Waals surface area contributed by atoms with E-state index in [1.807, 2.05) is 29.3 Å². The molecule has 0 N–H and O–H groups in total. The Kier molecular flexibility index (Phi) is 3.74. The summed E-state index contributed by atoms with van der Waals surface area (Å²) in [5, 5.41) is 11.0. The molecule has 0 aromatic heterocycles. The number of rotatable bonds is 2. The van der Waals surface area contributed by atoms with E-state index in [4.69, 9.17) is 11.6 Å². The summed E-state index contributed by atoms with van der Waals surface area (Å²) in [4.78, 5) is 2.28. The highest BCUT2D eigenvalue weighted by molar-refractivity contribution is 6.32. The lowest BCUT2D eigenvalue weighted by Crippen LogP contribution is -2.41. The number of hydrogen-bond acceptors (Lipinski definition) is 3. The zero-order valence-corrected chi connectivity index (χ0v) is 10.1. The van der Waals surface area contributed by atoms with Crippen LogP contribution >= 0.6 is 11.6 Å². The molecule has 0 spiro atoms. The Morgan fingerprint density at radius 1 is 1.12 bits per heavy atom. The smallest absolute Gasteiger partial charge is 0.106 e. The van der Waals surface area contributed by atoms with Gasteiger partial charge in [0.05, 0.1) is 18.1 Å². The number of likely N-dealkylation sites (N-methyl/N-ethyl adjacent to an activating group) is 1. The summed E-state index contributed by atoms with van der Waals surface area (Å²) in [5.41, 5.74) is 0.725. The molecule has 0 radical (unpaired) electrons. The fraction of sp³-hybridized carbons (Fsp3) is 0.455. The lowest BCUT2D eigenvalue weighted by atomic mass is 10.3. The molecule has 0 amide bonds. The fourth-order valence-corrected chi connectivity index (χ4v) is 1.70. The fourth-order valence-electron chi connectivity index (χ4n) is 1.53. The maximum absolute atomic E-state index is 5.98. The van der Waals surface area contributed by atoms with E-state index in [1.54, 1.807) is 0 Å². The number of halogens is 1. The van der Waals surface area contributed by atoms with Crippen LogP contribution in [0.2, 0.25) is 5.02 Å². The Morgan fingerprint density at radius 3 is 2.50 bits per heavy atom. The molecule has 1 aliphatic rings. The molecular formula is C11H15ClN4. The van der Waals surface area contributed by atoms with Crippen molar-refractivity contribution in [1.29, 1.82) is 0 Å². The second-order valence-electron chi connectivity index (χ2n) is 3.90. The summed E-state index contributed by atoms with van der Waals surface area (Å²) >= 11 is 5.98. The standard InChI is InChI=1S/C11H15ClN4/c1-15-6-8-16(9-7-15)14-13-11-5-3-2-4-10(11)12/h2-5H,6-9H2,1H3. The first-order chi connectivity index (χ1) is 7.75. The predicted octanol–water partition coefficient (Wildman–Crippen LogP) is 2.59. The average Bonchev–Trinajstić information content (AvgIpc) is 2.30. The van der Waals surface area contributed by atoms with Crippen LogP contribution in [0.5, 0.6) is 0 Å². The Hall–Kier alpha value is -1.13. The SMILES string of the molecule is CN1CCN(N=Nc2ccccc2Cl)CC1. The summed E-state index contributed by atoms with van der Waals surface area (Å²) in [7, 11) is 2.11. The summed E-state index contributed by atoms with van der Waals surface area (Å²) in [5.74, 6) is 0. The second-order valence-corrected chi connectivity index (χ2v) is 4.30. The molecule has 1 saturated heterocycles. The zero-order chi connectivity index (χ0) is 11.4. The predicted molar refractivity (Wildman–Crippen MR) is 65.0 cm³/mol. The van der Waals surface area contributed by atoms with E-state index in [2.05, 4.69) is 22.3 Å². The lowest BCUT2D eigenvalue weighted by Gasteiger charge is -2.29. The van der Waals surface area contributed by atoms with Crippen molar-refractivity contribution in [3.63, 3.8) is 0 Å². The molecule has 1 aliphatic heterocycles.